The van der Waals surface area contributed by atoms with Gasteiger partial charge in [0.1, 0.15) is 40.2 Å². The Labute approximate surface area is 742 Å². The minimum absolute atomic E-state index is 0.00100. The molecule has 18 rings (SSSR count). The van der Waals surface area contributed by atoms with Gasteiger partial charge in [-0.15, -0.1) is 0 Å². The van der Waals surface area contributed by atoms with Crippen molar-refractivity contribution >= 4 is 76.6 Å². The second-order valence-electron chi connectivity index (χ2n) is 41.2. The molecule has 686 valence electrons. The van der Waals surface area contributed by atoms with Gasteiger partial charge in [-0.25, -0.2) is 8.42 Å². The predicted molar refractivity (Wildman–Crippen MR) is 478 cm³/mol. The fourth-order valence-electron chi connectivity index (χ4n) is 22.0. The lowest BCUT2D eigenvalue weighted by Gasteiger charge is -2.60. The molecular weight excluding hydrogens is 1630 g/mol. The Morgan fingerprint density at radius 1 is 0.616 bits per heavy atom. The van der Waals surface area contributed by atoms with Gasteiger partial charge < -0.3 is 47.6 Å². The normalized spacial score (nSPS) is 29.0. The van der Waals surface area contributed by atoms with Crippen molar-refractivity contribution in [3.63, 3.8) is 0 Å². The number of fused-ring (bicyclic) bond motifs is 13. The van der Waals surface area contributed by atoms with Crippen molar-refractivity contribution in [2.45, 2.75) is 332 Å². The Kier molecular flexibility index (Phi) is 29.2. The fourth-order valence-corrected chi connectivity index (χ4v) is 25.1. The third-order valence-corrected chi connectivity index (χ3v) is 33.8. The van der Waals surface area contributed by atoms with Gasteiger partial charge in [0.25, 0.3) is 0 Å². The quantitative estimate of drug-likeness (QED) is 0.0165. The highest BCUT2D eigenvalue weighted by molar-refractivity contribution is 7.85. The molecule has 12 aliphatic rings. The summed E-state index contributed by atoms with van der Waals surface area (Å²) >= 11 is 0. The Bertz CT molecular complexity index is 4860. The van der Waals surface area contributed by atoms with Crippen LogP contribution < -0.4 is 9.47 Å². The van der Waals surface area contributed by atoms with E-state index < -0.39 is 79.6 Å². The first-order valence-corrected chi connectivity index (χ1v) is 49.0. The molecule has 1 N–H and O–H groups in total. The lowest BCUT2D eigenvalue weighted by molar-refractivity contribution is -0.239. The van der Waals surface area contributed by atoms with Crippen molar-refractivity contribution < 1.29 is 97.9 Å². The number of esters is 6. The summed E-state index contributed by atoms with van der Waals surface area (Å²) in [7, 11) is -5.21. The van der Waals surface area contributed by atoms with E-state index in [2.05, 4.69) is 142 Å². The van der Waals surface area contributed by atoms with E-state index in [0.29, 0.717) is 73.7 Å². The smallest absolute Gasteiger partial charge is 0.426 e. The van der Waals surface area contributed by atoms with Crippen LogP contribution in [0.2, 0.25) is 0 Å². The minimum atomic E-state index is -5.27. The van der Waals surface area contributed by atoms with Crippen LogP contribution in [-0.2, 0) is 67.3 Å². The van der Waals surface area contributed by atoms with Gasteiger partial charge in [-0.05, 0) is 336 Å². The number of benzene rings is 5. The highest BCUT2D eigenvalue weighted by Crippen LogP contribution is 2.71. The monoisotopic (exact) mass is 1770 g/mol. The molecule has 6 aromatic rings. The Balaban J connectivity index is 0.000000138. The third kappa shape index (κ3) is 21.0. The van der Waals surface area contributed by atoms with E-state index in [0.717, 1.165) is 67.4 Å². The number of aromatic hydroxyl groups is 1. The predicted octanol–water partition coefficient (Wildman–Crippen LogP) is 23.6. The molecule has 9 saturated carbocycles. The van der Waals surface area contributed by atoms with Crippen LogP contribution in [0.5, 0.6) is 17.2 Å². The molecule has 1 aromatic heterocycles. The summed E-state index contributed by atoms with van der Waals surface area (Å²) in [5.74, 6) is 3.53. The Hall–Kier alpha value is -7.60. The molecule has 9 aliphatic carbocycles. The minimum Gasteiger partial charge on any atom is -0.748 e. The maximum Gasteiger partial charge on any atom is 0.426 e. The molecule has 23 heteroatoms. The fraction of sp³-hybridized carbons (Fsp3) is 0.647. The maximum absolute atomic E-state index is 13.3. The number of carbonyl (C=O) groups excluding carboxylic acids is 6. The Morgan fingerprint density at radius 3 is 1.68 bits per heavy atom. The highest BCUT2D eigenvalue weighted by Gasteiger charge is 2.69. The van der Waals surface area contributed by atoms with Crippen LogP contribution in [0, 0.1) is 94.2 Å². The molecule has 16 unspecified atom stereocenters. The van der Waals surface area contributed by atoms with Crippen LogP contribution in [0.15, 0.2) is 115 Å². The van der Waals surface area contributed by atoms with Gasteiger partial charge in [0, 0.05) is 33.6 Å². The number of aryl methyl sites for hydroxylation is 2. The zero-order chi connectivity index (χ0) is 91.1. The van der Waals surface area contributed by atoms with Crippen LogP contribution >= 0.6 is 10.5 Å². The lowest BCUT2D eigenvalue weighted by atomic mass is 9.48. The number of rotatable bonds is 22. The van der Waals surface area contributed by atoms with Crippen molar-refractivity contribution in [3.05, 3.63) is 132 Å². The van der Waals surface area contributed by atoms with Gasteiger partial charge in [-0.3, -0.25) is 28.8 Å². The number of carbonyl (C=O) groups is 6. The molecule has 3 saturated heterocycles. The first-order valence-electron chi connectivity index (χ1n) is 46.2. The van der Waals surface area contributed by atoms with E-state index in [1.165, 1.54) is 94.8 Å². The van der Waals surface area contributed by atoms with E-state index in [1.807, 2.05) is 62.3 Å². The van der Waals surface area contributed by atoms with Crippen molar-refractivity contribution in [3.8, 4) is 22.1 Å². The highest BCUT2D eigenvalue weighted by atomic mass is 32.2. The molecule has 125 heavy (non-hydrogen) atoms. The number of phenols is 1. The summed E-state index contributed by atoms with van der Waals surface area (Å²) in [4.78, 5) is 75.3. The standard InChI is InChI=1S/C20H29F3O7S.C20H32O2.C18H13S.C17H26O.C14H20O3.C13H18O5/c1-4-17(2,3)15(24)30-19-8-12-5-13(9-19)7-18(6-12,11-19)16(25)29-14(20(21,22)23)10-31(26,27)28;1-5-19(3,4)18(21)22-20(6-2)11-14-10-15(20)17-13-8-7-12(9-13)16(14)17;1-2-8-14(9-3-1)19-17-12-6-4-10-15(17)16-11-5-7-13-18(16)19;1-4-14(2)15-8-10-16(11-9-15)18-17(3)12-6-5-7-13-17;1-6-14(4,5)13(16)17-11-7-9(2)12(15)10(3)8-11;1-4-13(2,3)12(15)18-9-7-5-6-8(16-7)10(9)17-11(6)14/h12-14H,4-11H2,1-3H3,(H,26,27,28);12-17H,5-11H2,1-4H3;1-13H;8-11,14H,4-7,12-13H2,1-3H3;7-8,15H,6H2,1-5H3;6-10H,4-5H2,1-3H3/q;;+1;;;/p-1. The molecule has 3 aliphatic heterocycles. The van der Waals surface area contributed by atoms with E-state index in [9.17, 15) is 60.0 Å². The topological polar surface area (TPSA) is 254 Å². The molecule has 0 spiro atoms. The summed E-state index contributed by atoms with van der Waals surface area (Å²) in [5.41, 5.74) is -1.51. The largest absolute Gasteiger partial charge is 0.748 e. The first-order chi connectivity index (χ1) is 58.7. The summed E-state index contributed by atoms with van der Waals surface area (Å²) < 4.78 is 120. The van der Waals surface area contributed by atoms with Gasteiger partial charge in [0.2, 0.25) is 6.10 Å². The number of thiophene rings is 1. The molecule has 16 atom stereocenters. The molecule has 12 fully saturated rings. The summed E-state index contributed by atoms with van der Waals surface area (Å²) in [6.07, 6.45) is 12.1. The second-order valence-corrected chi connectivity index (χ2v) is 44.6. The number of hydrogen-bond donors (Lipinski definition) is 1. The number of hydrogen-bond acceptors (Lipinski definition) is 18. The van der Waals surface area contributed by atoms with E-state index in [-0.39, 0.29) is 93.1 Å². The molecule has 0 amide bonds. The molecule has 4 heterocycles. The van der Waals surface area contributed by atoms with E-state index >= 15 is 0 Å². The molecular formula is C102H137F3O18S2. The van der Waals surface area contributed by atoms with Gasteiger partial charge in [-0.2, -0.15) is 13.2 Å². The molecule has 5 aromatic carbocycles. The van der Waals surface area contributed by atoms with Crippen molar-refractivity contribution in [2.24, 2.45) is 80.3 Å². The van der Waals surface area contributed by atoms with Crippen LogP contribution in [0.1, 0.15) is 281 Å². The average molecular weight is 1770 g/mol. The zero-order valence-corrected chi connectivity index (χ0v) is 78.6. The molecule has 0 radical (unpaired) electrons. The van der Waals surface area contributed by atoms with Crippen molar-refractivity contribution in [1.82, 2.24) is 0 Å². The Morgan fingerprint density at radius 2 is 1.14 bits per heavy atom. The number of halogens is 3. The maximum atomic E-state index is 13.3. The summed E-state index contributed by atoms with van der Waals surface area (Å²) in [6, 6.07) is 40.5. The number of phenolic OH excluding ortho intramolecular Hbond substituents is 1. The molecule has 18 nitrogen and oxygen atoms in total. The van der Waals surface area contributed by atoms with E-state index in [1.54, 1.807) is 39.8 Å². The average Bonchev–Trinajstić information content (AvgIpc) is 1.59. The van der Waals surface area contributed by atoms with Gasteiger partial charge in [0.15, 0.2) is 26.5 Å². The number of ether oxygens (including phenoxy) is 8. The van der Waals surface area contributed by atoms with Gasteiger partial charge in [0.05, 0.1) is 55.0 Å². The first kappa shape index (κ1) is 96.5. The lowest BCUT2D eigenvalue weighted by Crippen LogP contribution is -2.61. The summed E-state index contributed by atoms with van der Waals surface area (Å²) in [6.45, 7) is 35.4. The van der Waals surface area contributed by atoms with Gasteiger partial charge in [-0.1, -0.05) is 109 Å². The third-order valence-electron chi connectivity index (χ3n) is 30.8. The van der Waals surface area contributed by atoms with Crippen molar-refractivity contribution in [1.29, 1.82) is 0 Å². The zero-order valence-electron chi connectivity index (χ0n) is 76.9. The van der Waals surface area contributed by atoms with Crippen LogP contribution in [-0.4, -0.2) is 113 Å². The van der Waals surface area contributed by atoms with Crippen LogP contribution in [0.3, 0.4) is 0 Å². The van der Waals surface area contributed by atoms with Gasteiger partial charge >= 0.3 is 42.0 Å². The van der Waals surface area contributed by atoms with Crippen LogP contribution in [0.25, 0.3) is 25.1 Å². The van der Waals surface area contributed by atoms with E-state index in [4.69, 9.17) is 33.2 Å². The van der Waals surface area contributed by atoms with Crippen molar-refractivity contribution in [2.75, 3.05) is 5.75 Å². The SMILES string of the molecule is CCC(C)(C)C(=O)OC1(CC)CC2CC1C1C3CCC(C3)C21.CCC(C)(C)C(=O)OC12CC3CC(C1)CC(C(=O)OC(CS(=O)(=O)[O-])C(F)(F)F)(C3)C2.CCC(C)(C)C(=O)OC1C2CC3C(=O)OC1C3O2.CCC(C)(C)C(=O)Oc1cc(C)c(O)c(C)c1.CCC(C)c1ccc(OC2(C)CCCCC2)cc1.c1ccc(-[s+]2c3ccccc3c3ccccc32)cc1. The number of alkyl halides is 3. The summed E-state index contributed by atoms with van der Waals surface area (Å²) in [5, 5.41) is 12.4. The van der Waals surface area contributed by atoms with Crippen LogP contribution in [0.4, 0.5) is 13.2 Å². The second kappa shape index (κ2) is 37.8. The molecule has 10 bridgehead atoms.